The van der Waals surface area contributed by atoms with Crippen LogP contribution in [0.2, 0.25) is 0 Å². The second-order valence-corrected chi connectivity index (χ2v) is 6.53. The molecule has 2 aliphatic rings. The Balaban J connectivity index is 0.00000117. The molecule has 1 aliphatic heterocycles. The lowest BCUT2D eigenvalue weighted by molar-refractivity contribution is -0.141. The minimum Gasteiger partial charge on any atom is -0.474 e. The maximum absolute atomic E-state index is 12.8. The number of hydrogen-bond donors (Lipinski definition) is 0. The zero-order valence-corrected chi connectivity index (χ0v) is 15.1. The van der Waals surface area contributed by atoms with Crippen LogP contribution in [0.15, 0.2) is 12.1 Å². The summed E-state index contributed by atoms with van der Waals surface area (Å²) in [6, 6.07) is 3.62. The van der Waals surface area contributed by atoms with E-state index < -0.39 is 11.9 Å². The van der Waals surface area contributed by atoms with Crippen LogP contribution in [0.25, 0.3) is 0 Å². The maximum atomic E-state index is 12.8. The first-order valence-corrected chi connectivity index (χ1v) is 8.62. The lowest BCUT2D eigenvalue weighted by atomic mass is 9.66. The summed E-state index contributed by atoms with van der Waals surface area (Å²) >= 11 is 0. The van der Waals surface area contributed by atoms with Crippen LogP contribution in [0.5, 0.6) is 5.88 Å². The summed E-state index contributed by atoms with van der Waals surface area (Å²) in [4.78, 5) is 16.6. The topological polar surface area (TPSA) is 66.2 Å². The molecule has 0 N–H and O–H groups in total. The van der Waals surface area contributed by atoms with Gasteiger partial charge in [0.25, 0.3) is 0 Å². The van der Waals surface area contributed by atoms with Crippen molar-refractivity contribution in [3.63, 3.8) is 0 Å². The summed E-state index contributed by atoms with van der Waals surface area (Å²) < 4.78 is 44.0. The van der Waals surface area contributed by atoms with E-state index in [1.165, 1.54) is 13.0 Å². The molecule has 0 atom stereocenters. The third-order valence-corrected chi connectivity index (χ3v) is 4.71. The van der Waals surface area contributed by atoms with Crippen molar-refractivity contribution in [2.24, 2.45) is 5.41 Å². The number of rotatable bonds is 2. The Kier molecular flexibility index (Phi) is 5.79. The molecule has 0 aromatic carbocycles. The standard InChI is InChI=1S/C16H16F3N3O2.C2H6/c1-10(23)22-3-2-15(9-22)6-12(7-15)24-14-5-11(8-20)4-13(21-14)16(17,18)19;1-2/h4-5,12H,2-3,6-7,9H2,1H3;1-2H3. The number of hydrogen-bond acceptors (Lipinski definition) is 4. The van der Waals surface area contributed by atoms with Gasteiger partial charge in [0, 0.05) is 26.1 Å². The van der Waals surface area contributed by atoms with Crippen LogP contribution in [0.3, 0.4) is 0 Å². The maximum Gasteiger partial charge on any atom is 0.433 e. The van der Waals surface area contributed by atoms with Crippen molar-refractivity contribution in [1.82, 2.24) is 9.88 Å². The summed E-state index contributed by atoms with van der Waals surface area (Å²) in [5.41, 5.74) is -1.25. The molecule has 0 bridgehead atoms. The Hall–Kier alpha value is -2.30. The summed E-state index contributed by atoms with van der Waals surface area (Å²) in [5.74, 6) is -0.142. The fraction of sp³-hybridized carbons (Fsp3) is 0.611. The third kappa shape index (κ3) is 4.26. The van der Waals surface area contributed by atoms with Crippen molar-refractivity contribution in [2.75, 3.05) is 13.1 Å². The fourth-order valence-electron chi connectivity index (χ4n) is 3.47. The molecule has 1 aromatic rings. The van der Waals surface area contributed by atoms with E-state index in [1.807, 2.05) is 13.8 Å². The highest BCUT2D eigenvalue weighted by Gasteiger charge is 2.50. The minimum atomic E-state index is -4.63. The van der Waals surface area contributed by atoms with E-state index in [4.69, 9.17) is 10.00 Å². The van der Waals surface area contributed by atoms with Crippen LogP contribution >= 0.6 is 0 Å². The van der Waals surface area contributed by atoms with Crippen molar-refractivity contribution >= 4 is 5.91 Å². The molecule has 8 heteroatoms. The number of carbonyl (C=O) groups excluding carboxylic acids is 1. The number of halogens is 3. The summed E-state index contributed by atoms with van der Waals surface area (Å²) in [7, 11) is 0. The molecule has 142 valence electrons. The molecule has 1 saturated heterocycles. The van der Waals surface area contributed by atoms with Gasteiger partial charge in [-0.15, -0.1) is 0 Å². The van der Waals surface area contributed by atoms with Crippen molar-refractivity contribution in [1.29, 1.82) is 5.26 Å². The number of alkyl halides is 3. The van der Waals surface area contributed by atoms with Crippen LogP contribution in [0.1, 0.15) is 51.3 Å². The highest BCUT2D eigenvalue weighted by Crippen LogP contribution is 2.49. The highest BCUT2D eigenvalue weighted by molar-refractivity contribution is 5.73. The molecule has 1 saturated carbocycles. The van der Waals surface area contributed by atoms with Crippen LogP contribution in [-0.2, 0) is 11.0 Å². The molecule has 26 heavy (non-hydrogen) atoms. The monoisotopic (exact) mass is 369 g/mol. The van der Waals surface area contributed by atoms with Crippen molar-refractivity contribution in [3.05, 3.63) is 23.4 Å². The Bertz CT molecular complexity index is 707. The quantitative estimate of drug-likeness (QED) is 0.796. The first-order valence-electron chi connectivity index (χ1n) is 8.62. The molecule has 1 aromatic heterocycles. The Morgan fingerprint density at radius 3 is 2.54 bits per heavy atom. The number of nitrogens with zero attached hydrogens (tertiary/aromatic N) is 3. The first kappa shape index (κ1) is 20.0. The molecule has 0 unspecified atom stereocenters. The van der Waals surface area contributed by atoms with E-state index in [-0.39, 0.29) is 28.9 Å². The fourth-order valence-corrected chi connectivity index (χ4v) is 3.47. The molecular formula is C18H22F3N3O2. The Morgan fingerprint density at radius 2 is 2.04 bits per heavy atom. The van der Waals surface area contributed by atoms with Crippen LogP contribution in [0.4, 0.5) is 13.2 Å². The molecular weight excluding hydrogens is 347 g/mol. The predicted octanol–water partition coefficient (Wildman–Crippen LogP) is 3.78. The number of aromatic nitrogens is 1. The Morgan fingerprint density at radius 1 is 1.38 bits per heavy atom. The first-order chi connectivity index (χ1) is 12.2. The molecule has 2 fully saturated rings. The van der Waals surface area contributed by atoms with Gasteiger partial charge in [0.15, 0.2) is 0 Å². The van der Waals surface area contributed by atoms with E-state index in [9.17, 15) is 18.0 Å². The van der Waals surface area contributed by atoms with Crippen LogP contribution < -0.4 is 4.74 Å². The van der Waals surface area contributed by atoms with Crippen molar-refractivity contribution < 1.29 is 22.7 Å². The largest absolute Gasteiger partial charge is 0.474 e. The second kappa shape index (κ2) is 7.52. The van der Waals surface area contributed by atoms with Gasteiger partial charge in [-0.1, -0.05) is 13.8 Å². The summed E-state index contributed by atoms with van der Waals surface area (Å²) in [6.07, 6.45) is -2.63. The van der Waals surface area contributed by atoms with Gasteiger partial charge >= 0.3 is 6.18 Å². The van der Waals surface area contributed by atoms with Gasteiger partial charge in [-0.05, 0) is 30.7 Å². The molecule has 3 rings (SSSR count). The molecule has 1 aliphatic carbocycles. The summed E-state index contributed by atoms with van der Waals surface area (Å²) in [6.45, 7) is 6.91. The molecule has 1 amide bonds. The summed E-state index contributed by atoms with van der Waals surface area (Å²) in [5, 5.41) is 8.87. The number of pyridine rings is 1. The number of carbonyl (C=O) groups is 1. The normalized spacial score (nSPS) is 24.3. The average Bonchev–Trinajstić information content (AvgIpc) is 3.01. The smallest absolute Gasteiger partial charge is 0.433 e. The second-order valence-electron chi connectivity index (χ2n) is 6.53. The van der Waals surface area contributed by atoms with Crippen molar-refractivity contribution in [3.8, 4) is 11.9 Å². The van der Waals surface area contributed by atoms with Gasteiger partial charge in [0.05, 0.1) is 11.6 Å². The van der Waals surface area contributed by atoms with Crippen LogP contribution in [0, 0.1) is 16.7 Å². The van der Waals surface area contributed by atoms with E-state index in [0.717, 1.165) is 6.42 Å². The lowest BCUT2D eigenvalue weighted by Gasteiger charge is -2.44. The third-order valence-electron chi connectivity index (χ3n) is 4.71. The zero-order chi connectivity index (χ0) is 19.5. The highest BCUT2D eigenvalue weighted by atomic mass is 19.4. The van der Waals surface area contributed by atoms with E-state index in [1.54, 1.807) is 11.0 Å². The van der Waals surface area contributed by atoms with E-state index in [2.05, 4.69) is 4.98 Å². The molecule has 5 nitrogen and oxygen atoms in total. The minimum absolute atomic E-state index is 0.00995. The van der Waals surface area contributed by atoms with Gasteiger partial charge in [-0.2, -0.15) is 18.4 Å². The number of ether oxygens (including phenoxy) is 1. The van der Waals surface area contributed by atoms with Gasteiger partial charge < -0.3 is 9.64 Å². The van der Waals surface area contributed by atoms with Gasteiger partial charge in [0.1, 0.15) is 11.8 Å². The average molecular weight is 369 g/mol. The van der Waals surface area contributed by atoms with Gasteiger partial charge in [-0.25, -0.2) is 4.98 Å². The molecule has 2 heterocycles. The lowest BCUT2D eigenvalue weighted by Crippen LogP contribution is -2.46. The molecule has 1 spiro atoms. The van der Waals surface area contributed by atoms with Crippen LogP contribution in [-0.4, -0.2) is 35.0 Å². The number of nitriles is 1. The predicted molar refractivity (Wildman–Crippen MR) is 88.3 cm³/mol. The molecule has 0 radical (unpaired) electrons. The van der Waals surface area contributed by atoms with Gasteiger partial charge in [0.2, 0.25) is 11.8 Å². The van der Waals surface area contributed by atoms with E-state index in [0.29, 0.717) is 32.0 Å². The Labute approximate surface area is 150 Å². The van der Waals surface area contributed by atoms with Gasteiger partial charge in [-0.3, -0.25) is 4.79 Å². The zero-order valence-electron chi connectivity index (χ0n) is 15.1. The van der Waals surface area contributed by atoms with Crippen molar-refractivity contribution in [2.45, 2.75) is 52.3 Å². The van der Waals surface area contributed by atoms with E-state index >= 15 is 0 Å². The number of amides is 1. The SMILES string of the molecule is CC.CC(=O)N1CCC2(CC(Oc3cc(C#N)cc(C(F)(F)F)n3)C2)C1. The number of likely N-dealkylation sites (tertiary alicyclic amines) is 1.